The van der Waals surface area contributed by atoms with E-state index in [9.17, 15) is 19.8 Å². The molecule has 3 N–H and O–H groups in total. The molecule has 0 saturated heterocycles. The van der Waals surface area contributed by atoms with Gasteiger partial charge in [-0.25, -0.2) is 0 Å². The second-order valence-corrected chi connectivity index (χ2v) is 23.5. The third-order valence-corrected chi connectivity index (χ3v) is 15.9. The standard InChI is InChI=1S/C70H133NO5/c1-3-5-7-9-11-13-15-44-48-52-56-60-64-70(75)76-65-61-57-53-49-45-42-40-38-36-34-32-30-28-26-24-22-20-18-16-17-19-21-23-25-27-29-31-33-35-37-39-41-43-47-51-55-59-63-69(74)71-67(66-72)68(73)62-58-54-50-46-14-12-10-8-6-4-2/h11,13,16,18,22,24,67-68,72-73H,3-10,12,14-15,17,19-21,23,25-66H2,1-2H3,(H,71,74)/b13-11-,18-16-,24-22-. The Morgan fingerprint density at radius 2 is 0.658 bits per heavy atom. The number of carbonyl (C=O) groups excluding carboxylic acids is 2. The summed E-state index contributed by atoms with van der Waals surface area (Å²) in [5.74, 6) is -0.0239. The predicted octanol–water partition coefficient (Wildman–Crippen LogP) is 21.9. The molecule has 1 amide bonds. The Bertz CT molecular complexity index is 1230. The largest absolute Gasteiger partial charge is 0.466 e. The number of amides is 1. The average Bonchev–Trinajstić information content (AvgIpc) is 3.42. The first kappa shape index (κ1) is 74.1. The van der Waals surface area contributed by atoms with Gasteiger partial charge in [-0.05, 0) is 83.5 Å². The van der Waals surface area contributed by atoms with Gasteiger partial charge in [0.15, 0.2) is 0 Å². The SMILES string of the molecule is CCCCC/C=C\CCCCCCCC(=O)OCCCCCCCCCCCCCCC/C=C\C/C=C\CCCCCCCCCCCCCCCCCCCC(=O)NC(CO)C(O)CCCCCCCCCCCC. The molecule has 6 nitrogen and oxygen atoms in total. The summed E-state index contributed by atoms with van der Waals surface area (Å²) in [6.45, 7) is 4.93. The van der Waals surface area contributed by atoms with Crippen LogP contribution < -0.4 is 5.32 Å². The van der Waals surface area contributed by atoms with E-state index in [-0.39, 0.29) is 18.5 Å². The molecule has 448 valence electrons. The number of allylic oxidation sites excluding steroid dienone is 6. The van der Waals surface area contributed by atoms with Crippen molar-refractivity contribution in [3.63, 3.8) is 0 Å². The van der Waals surface area contributed by atoms with Crippen LogP contribution in [0.2, 0.25) is 0 Å². The highest BCUT2D eigenvalue weighted by Gasteiger charge is 2.20. The molecule has 0 spiro atoms. The molecule has 0 aromatic rings. The minimum Gasteiger partial charge on any atom is -0.466 e. The van der Waals surface area contributed by atoms with Crippen LogP contribution in [0.25, 0.3) is 0 Å². The zero-order chi connectivity index (χ0) is 55.0. The van der Waals surface area contributed by atoms with Gasteiger partial charge in [0.2, 0.25) is 5.91 Å². The first-order valence-corrected chi connectivity index (χ1v) is 34.2. The summed E-state index contributed by atoms with van der Waals surface area (Å²) in [7, 11) is 0. The number of unbranched alkanes of at least 4 members (excludes halogenated alkanes) is 47. The molecule has 0 aromatic heterocycles. The van der Waals surface area contributed by atoms with E-state index >= 15 is 0 Å². The molecule has 0 heterocycles. The Morgan fingerprint density at radius 3 is 1.04 bits per heavy atom. The highest BCUT2D eigenvalue weighted by molar-refractivity contribution is 5.76. The molecule has 0 fully saturated rings. The normalized spacial score (nSPS) is 12.7. The third kappa shape index (κ3) is 61.3. The van der Waals surface area contributed by atoms with E-state index in [1.165, 1.54) is 289 Å². The van der Waals surface area contributed by atoms with Gasteiger partial charge >= 0.3 is 5.97 Å². The maximum atomic E-state index is 12.4. The number of hydrogen-bond acceptors (Lipinski definition) is 5. The number of carbonyl (C=O) groups is 2. The summed E-state index contributed by atoms with van der Waals surface area (Å²) in [6.07, 6.45) is 83.5. The molecule has 0 rings (SSSR count). The van der Waals surface area contributed by atoms with Gasteiger partial charge in [-0.15, -0.1) is 0 Å². The Hall–Kier alpha value is -1.92. The summed E-state index contributed by atoms with van der Waals surface area (Å²) < 4.78 is 5.47. The van der Waals surface area contributed by atoms with Crippen molar-refractivity contribution in [1.29, 1.82) is 0 Å². The molecule has 0 bridgehead atoms. The first-order chi connectivity index (χ1) is 37.5. The fraction of sp³-hybridized carbons (Fsp3) is 0.886. The molecule has 0 radical (unpaired) electrons. The number of nitrogens with one attached hydrogen (secondary N) is 1. The van der Waals surface area contributed by atoms with Crippen LogP contribution in [0.3, 0.4) is 0 Å². The van der Waals surface area contributed by atoms with Crippen molar-refractivity contribution < 1.29 is 24.5 Å². The fourth-order valence-corrected chi connectivity index (χ4v) is 10.7. The summed E-state index contributed by atoms with van der Waals surface area (Å²) >= 11 is 0. The highest BCUT2D eigenvalue weighted by Crippen LogP contribution is 2.18. The summed E-state index contributed by atoms with van der Waals surface area (Å²) in [5, 5.41) is 23.2. The van der Waals surface area contributed by atoms with Crippen LogP contribution in [0, 0.1) is 0 Å². The Morgan fingerprint density at radius 1 is 0.368 bits per heavy atom. The van der Waals surface area contributed by atoms with E-state index in [0.29, 0.717) is 25.9 Å². The lowest BCUT2D eigenvalue weighted by molar-refractivity contribution is -0.143. The van der Waals surface area contributed by atoms with E-state index < -0.39 is 12.1 Å². The first-order valence-electron chi connectivity index (χ1n) is 34.2. The van der Waals surface area contributed by atoms with Crippen molar-refractivity contribution in [2.45, 2.75) is 386 Å². The van der Waals surface area contributed by atoms with Gasteiger partial charge in [-0.3, -0.25) is 9.59 Å². The molecule has 76 heavy (non-hydrogen) atoms. The van der Waals surface area contributed by atoms with Gasteiger partial charge < -0.3 is 20.3 Å². The van der Waals surface area contributed by atoms with E-state index in [1.54, 1.807) is 0 Å². The van der Waals surface area contributed by atoms with Crippen LogP contribution in [0.5, 0.6) is 0 Å². The average molecular weight is 1070 g/mol. The zero-order valence-corrected chi connectivity index (χ0v) is 51.3. The van der Waals surface area contributed by atoms with Gasteiger partial charge in [0.1, 0.15) is 0 Å². The lowest BCUT2D eigenvalue weighted by atomic mass is 10.0. The van der Waals surface area contributed by atoms with Gasteiger partial charge in [0.05, 0.1) is 25.4 Å². The maximum absolute atomic E-state index is 12.4. The van der Waals surface area contributed by atoms with Crippen molar-refractivity contribution in [2.75, 3.05) is 13.2 Å². The number of ether oxygens (including phenoxy) is 1. The molecular formula is C70H133NO5. The molecule has 0 aliphatic rings. The van der Waals surface area contributed by atoms with Crippen LogP contribution in [0.4, 0.5) is 0 Å². The molecule has 0 aromatic carbocycles. The van der Waals surface area contributed by atoms with Gasteiger partial charge in [0, 0.05) is 12.8 Å². The molecule has 2 atom stereocenters. The number of rotatable bonds is 64. The Balaban J connectivity index is 3.34. The van der Waals surface area contributed by atoms with Crippen LogP contribution in [0.1, 0.15) is 373 Å². The number of aliphatic hydroxyl groups excluding tert-OH is 2. The van der Waals surface area contributed by atoms with E-state index in [1.807, 2.05) is 0 Å². The molecule has 0 saturated carbocycles. The lowest BCUT2D eigenvalue weighted by Crippen LogP contribution is -2.45. The van der Waals surface area contributed by atoms with Crippen molar-refractivity contribution in [3.8, 4) is 0 Å². The van der Waals surface area contributed by atoms with Crippen LogP contribution >= 0.6 is 0 Å². The molecular weight excluding hydrogens is 935 g/mol. The smallest absolute Gasteiger partial charge is 0.305 e. The summed E-state index contributed by atoms with van der Waals surface area (Å²) in [5.41, 5.74) is 0. The van der Waals surface area contributed by atoms with Gasteiger partial charge in [-0.1, -0.05) is 314 Å². The predicted molar refractivity (Wildman–Crippen MR) is 333 cm³/mol. The van der Waals surface area contributed by atoms with E-state index in [4.69, 9.17) is 4.74 Å². The highest BCUT2D eigenvalue weighted by atomic mass is 16.5. The Labute approximate surface area is 474 Å². The molecule has 0 aliphatic carbocycles. The summed E-state index contributed by atoms with van der Waals surface area (Å²) in [6, 6.07) is -0.537. The Kier molecular flexibility index (Phi) is 63.9. The van der Waals surface area contributed by atoms with E-state index in [0.717, 1.165) is 51.4 Å². The second-order valence-electron chi connectivity index (χ2n) is 23.5. The summed E-state index contributed by atoms with van der Waals surface area (Å²) in [4.78, 5) is 24.5. The van der Waals surface area contributed by atoms with Gasteiger partial charge in [-0.2, -0.15) is 0 Å². The van der Waals surface area contributed by atoms with Crippen molar-refractivity contribution in [3.05, 3.63) is 36.5 Å². The molecule has 6 heteroatoms. The number of esters is 1. The number of aliphatic hydroxyl groups is 2. The maximum Gasteiger partial charge on any atom is 0.305 e. The second kappa shape index (κ2) is 65.6. The lowest BCUT2D eigenvalue weighted by Gasteiger charge is -2.22. The van der Waals surface area contributed by atoms with Crippen molar-refractivity contribution in [1.82, 2.24) is 5.32 Å². The third-order valence-electron chi connectivity index (χ3n) is 15.9. The topological polar surface area (TPSA) is 95.9 Å². The minimum atomic E-state index is -0.660. The zero-order valence-electron chi connectivity index (χ0n) is 51.3. The quantitative estimate of drug-likeness (QED) is 0.0320. The molecule has 2 unspecified atom stereocenters. The van der Waals surface area contributed by atoms with Crippen LogP contribution in [-0.2, 0) is 14.3 Å². The van der Waals surface area contributed by atoms with Gasteiger partial charge in [0.25, 0.3) is 0 Å². The van der Waals surface area contributed by atoms with E-state index in [2.05, 4.69) is 55.6 Å². The van der Waals surface area contributed by atoms with Crippen LogP contribution in [0.15, 0.2) is 36.5 Å². The number of hydrogen-bond donors (Lipinski definition) is 3. The molecule has 0 aliphatic heterocycles. The van der Waals surface area contributed by atoms with Crippen molar-refractivity contribution >= 4 is 11.9 Å². The fourth-order valence-electron chi connectivity index (χ4n) is 10.7. The van der Waals surface area contributed by atoms with Crippen molar-refractivity contribution in [2.24, 2.45) is 0 Å². The van der Waals surface area contributed by atoms with Crippen LogP contribution in [-0.4, -0.2) is 47.4 Å². The monoisotopic (exact) mass is 1070 g/mol. The minimum absolute atomic E-state index is 0.00866.